The van der Waals surface area contributed by atoms with Crippen LogP contribution in [0.3, 0.4) is 0 Å². The van der Waals surface area contributed by atoms with Gasteiger partial charge in [0.05, 0.1) is 10.6 Å². The predicted molar refractivity (Wildman–Crippen MR) is 114 cm³/mol. The van der Waals surface area contributed by atoms with Gasteiger partial charge in [0.2, 0.25) is 0 Å². The van der Waals surface area contributed by atoms with E-state index in [-0.39, 0.29) is 11.0 Å². The summed E-state index contributed by atoms with van der Waals surface area (Å²) in [6.07, 6.45) is 0.242. The Balaban J connectivity index is 1.69. The van der Waals surface area contributed by atoms with Crippen LogP contribution in [0.5, 0.6) is 5.75 Å². The highest BCUT2D eigenvalue weighted by Gasteiger charge is 2.27. The zero-order chi connectivity index (χ0) is 20.4. The van der Waals surface area contributed by atoms with Gasteiger partial charge in [-0.2, -0.15) is 18.4 Å². The molecule has 1 heterocycles. The Labute approximate surface area is 171 Å². The molecule has 1 atom stereocenters. The molecule has 0 amide bonds. The minimum atomic E-state index is -3.78. The molecular weight excluding hydrogens is 384 g/mol. The van der Waals surface area contributed by atoms with Crippen LogP contribution in [-0.2, 0) is 10.0 Å². The van der Waals surface area contributed by atoms with Crippen molar-refractivity contribution in [2.45, 2.75) is 31.3 Å². The summed E-state index contributed by atoms with van der Waals surface area (Å²) in [4.78, 5) is 2.67. The number of fused-ring (bicyclic) bond motifs is 1. The second kappa shape index (κ2) is 7.72. The number of hydrazone groups is 1. The molecule has 4 rings (SSSR count). The molecule has 1 aliphatic rings. The lowest BCUT2D eigenvalue weighted by atomic mass is 9.96. The maximum atomic E-state index is 12.9. The minimum Gasteiger partial charge on any atom is -0.485 e. The van der Waals surface area contributed by atoms with Crippen molar-refractivity contribution in [3.8, 4) is 5.75 Å². The highest BCUT2D eigenvalue weighted by atomic mass is 32.2. The molecule has 0 aliphatic carbocycles. The quantitative estimate of drug-likeness (QED) is 0.648. The minimum absolute atomic E-state index is 0.227. The lowest BCUT2D eigenvalue weighted by molar-refractivity contribution is 0.206. The fourth-order valence-electron chi connectivity index (χ4n) is 3.41. The van der Waals surface area contributed by atoms with E-state index in [1.807, 2.05) is 67.6 Å². The second-order valence-electron chi connectivity index (χ2n) is 7.14. The summed E-state index contributed by atoms with van der Waals surface area (Å²) in [6.45, 7) is 3.64. The summed E-state index contributed by atoms with van der Waals surface area (Å²) in [6, 6.07) is 22.7. The molecule has 148 valence electrons. The Morgan fingerprint density at radius 2 is 1.69 bits per heavy atom. The zero-order valence-electron chi connectivity index (χ0n) is 16.3. The standard InChI is InChI=1S/C23H22N2O3S/c1-16-12-13-17(2)23(14-16)29(26,27)25-24-20-15-22(18-8-4-3-5-9-18)28-21-11-7-6-10-19(20)21/h3-14,22,25H,15H2,1-2H3. The van der Waals surface area contributed by atoms with Crippen molar-refractivity contribution in [1.82, 2.24) is 4.83 Å². The molecule has 0 radical (unpaired) electrons. The van der Waals surface area contributed by atoms with Crippen molar-refractivity contribution in [3.05, 3.63) is 95.1 Å². The first kappa shape index (κ1) is 19.2. The Kier molecular flexibility index (Phi) is 5.11. The lowest BCUT2D eigenvalue weighted by Crippen LogP contribution is -2.26. The van der Waals surface area contributed by atoms with Crippen LogP contribution >= 0.6 is 0 Å². The highest BCUT2D eigenvalue weighted by Crippen LogP contribution is 2.35. The van der Waals surface area contributed by atoms with Crippen molar-refractivity contribution in [3.63, 3.8) is 0 Å². The van der Waals surface area contributed by atoms with Gasteiger partial charge in [0.1, 0.15) is 11.9 Å². The van der Waals surface area contributed by atoms with Crippen LogP contribution in [0.2, 0.25) is 0 Å². The second-order valence-corrected chi connectivity index (χ2v) is 8.77. The van der Waals surface area contributed by atoms with Crippen molar-refractivity contribution in [1.29, 1.82) is 0 Å². The summed E-state index contributed by atoms with van der Waals surface area (Å²) in [5.74, 6) is 0.692. The number of nitrogens with one attached hydrogen (secondary N) is 1. The number of hydrogen-bond donors (Lipinski definition) is 1. The first-order valence-electron chi connectivity index (χ1n) is 9.41. The average Bonchev–Trinajstić information content (AvgIpc) is 2.74. The SMILES string of the molecule is Cc1ccc(C)c(S(=O)(=O)NN=C2CC(c3ccccc3)Oc3ccccc32)c1. The van der Waals surface area contributed by atoms with Crippen LogP contribution in [0.4, 0.5) is 0 Å². The summed E-state index contributed by atoms with van der Waals surface area (Å²) in [7, 11) is -3.78. The van der Waals surface area contributed by atoms with Crippen LogP contribution < -0.4 is 9.57 Å². The summed E-state index contributed by atoms with van der Waals surface area (Å²) in [5, 5.41) is 4.32. The number of aryl methyl sites for hydroxylation is 2. The van der Waals surface area contributed by atoms with Crippen LogP contribution in [0.25, 0.3) is 0 Å². The van der Waals surface area contributed by atoms with E-state index in [0.29, 0.717) is 23.4 Å². The van der Waals surface area contributed by atoms with E-state index in [0.717, 1.165) is 16.7 Å². The van der Waals surface area contributed by atoms with Crippen LogP contribution in [-0.4, -0.2) is 14.1 Å². The fraction of sp³-hybridized carbons (Fsp3) is 0.174. The molecule has 3 aromatic rings. The molecule has 29 heavy (non-hydrogen) atoms. The van der Waals surface area contributed by atoms with Crippen molar-refractivity contribution in [2.75, 3.05) is 0 Å². The van der Waals surface area contributed by atoms with Gasteiger partial charge in [0, 0.05) is 12.0 Å². The number of benzene rings is 3. The van der Waals surface area contributed by atoms with Crippen molar-refractivity contribution in [2.24, 2.45) is 5.10 Å². The Bertz CT molecular complexity index is 1170. The van der Waals surface area contributed by atoms with Crippen molar-refractivity contribution < 1.29 is 13.2 Å². The molecular formula is C23H22N2O3S. The number of para-hydroxylation sites is 1. The number of rotatable bonds is 4. The Morgan fingerprint density at radius 1 is 0.966 bits per heavy atom. The highest BCUT2D eigenvalue weighted by molar-refractivity contribution is 7.89. The molecule has 0 fully saturated rings. The van der Waals surface area contributed by atoms with E-state index >= 15 is 0 Å². The normalized spacial score (nSPS) is 17.4. The third-order valence-corrected chi connectivity index (χ3v) is 6.30. The third kappa shape index (κ3) is 4.03. The molecule has 0 aromatic heterocycles. The molecule has 6 heteroatoms. The van der Waals surface area contributed by atoms with Crippen LogP contribution in [0, 0.1) is 13.8 Å². The van der Waals surface area contributed by atoms with Gasteiger partial charge in [-0.3, -0.25) is 0 Å². The molecule has 0 saturated carbocycles. The van der Waals surface area contributed by atoms with Gasteiger partial charge >= 0.3 is 0 Å². The van der Waals surface area contributed by atoms with Crippen LogP contribution in [0.15, 0.2) is 82.8 Å². The number of hydrogen-bond acceptors (Lipinski definition) is 4. The fourth-order valence-corrected chi connectivity index (χ4v) is 4.57. The molecule has 5 nitrogen and oxygen atoms in total. The van der Waals surface area contributed by atoms with Gasteiger partial charge in [-0.15, -0.1) is 0 Å². The molecule has 3 aromatic carbocycles. The first-order chi connectivity index (χ1) is 13.9. The summed E-state index contributed by atoms with van der Waals surface area (Å²) < 4.78 is 31.9. The molecule has 0 saturated heterocycles. The maximum absolute atomic E-state index is 12.9. The Morgan fingerprint density at radius 3 is 2.48 bits per heavy atom. The average molecular weight is 407 g/mol. The van der Waals surface area contributed by atoms with E-state index in [4.69, 9.17) is 4.74 Å². The molecule has 0 spiro atoms. The van der Waals surface area contributed by atoms with E-state index in [1.165, 1.54) is 0 Å². The largest absolute Gasteiger partial charge is 0.485 e. The molecule has 0 bridgehead atoms. The van der Waals surface area contributed by atoms with Gasteiger partial charge < -0.3 is 4.74 Å². The van der Waals surface area contributed by atoms with Gasteiger partial charge in [-0.25, -0.2) is 0 Å². The maximum Gasteiger partial charge on any atom is 0.276 e. The van der Waals surface area contributed by atoms with Crippen LogP contribution in [0.1, 0.15) is 34.8 Å². The molecule has 1 aliphatic heterocycles. The van der Waals surface area contributed by atoms with Gasteiger partial charge in [0.25, 0.3) is 10.0 Å². The lowest BCUT2D eigenvalue weighted by Gasteiger charge is -2.27. The monoisotopic (exact) mass is 406 g/mol. The topological polar surface area (TPSA) is 67.8 Å². The predicted octanol–water partition coefficient (Wildman–Crippen LogP) is 4.51. The van der Waals surface area contributed by atoms with Gasteiger partial charge in [-0.1, -0.05) is 54.6 Å². The number of ether oxygens (including phenoxy) is 1. The molecule has 1 unspecified atom stereocenters. The van der Waals surface area contributed by atoms with E-state index in [9.17, 15) is 8.42 Å². The number of sulfonamides is 1. The smallest absolute Gasteiger partial charge is 0.276 e. The molecule has 1 N–H and O–H groups in total. The Hall–Kier alpha value is -3.12. The summed E-state index contributed by atoms with van der Waals surface area (Å²) in [5.41, 5.74) is 4.02. The van der Waals surface area contributed by atoms with E-state index in [2.05, 4.69) is 9.93 Å². The number of nitrogens with zero attached hydrogens (tertiary/aromatic N) is 1. The van der Waals surface area contributed by atoms with E-state index < -0.39 is 10.0 Å². The zero-order valence-corrected chi connectivity index (χ0v) is 17.1. The van der Waals surface area contributed by atoms with E-state index in [1.54, 1.807) is 19.1 Å². The van der Waals surface area contributed by atoms with Crippen molar-refractivity contribution >= 4 is 15.7 Å². The van der Waals surface area contributed by atoms with Gasteiger partial charge in [0.15, 0.2) is 0 Å². The third-order valence-electron chi connectivity index (χ3n) is 4.95. The van der Waals surface area contributed by atoms with Gasteiger partial charge in [-0.05, 0) is 48.7 Å². The summed E-state index contributed by atoms with van der Waals surface area (Å²) >= 11 is 0. The first-order valence-corrected chi connectivity index (χ1v) is 10.9.